The summed E-state index contributed by atoms with van der Waals surface area (Å²) in [4.78, 5) is 57.0. The third kappa shape index (κ3) is 3.66. The molecule has 3 aromatic carbocycles. The molecule has 3 aromatic rings. The van der Waals surface area contributed by atoms with E-state index in [0.29, 0.717) is 28.3 Å². The molecule has 0 radical (unpaired) electrons. The van der Waals surface area contributed by atoms with Crippen LogP contribution < -0.4 is 14.4 Å². The Hall–Kier alpha value is -4.72. The van der Waals surface area contributed by atoms with Crippen LogP contribution >= 0.6 is 0 Å². The molecule has 3 heterocycles. The van der Waals surface area contributed by atoms with Gasteiger partial charge in [0, 0.05) is 17.3 Å². The number of fused-ring (bicyclic) bond motifs is 5. The Kier molecular flexibility index (Phi) is 5.83. The molecule has 0 aliphatic carbocycles. The summed E-state index contributed by atoms with van der Waals surface area (Å²) in [5.74, 6) is -1.96. The molecule has 0 aromatic heterocycles. The summed E-state index contributed by atoms with van der Waals surface area (Å²) in [5, 5.41) is 0. The van der Waals surface area contributed by atoms with Gasteiger partial charge in [0.1, 0.15) is 6.04 Å². The van der Waals surface area contributed by atoms with Gasteiger partial charge in [0.05, 0.1) is 37.8 Å². The number of carbonyl (C=O) groups excluding carboxylic acids is 4. The van der Waals surface area contributed by atoms with Crippen LogP contribution in [0.3, 0.4) is 0 Å². The number of anilines is 1. The van der Waals surface area contributed by atoms with Crippen molar-refractivity contribution in [2.45, 2.75) is 19.0 Å². The zero-order chi connectivity index (χ0) is 27.4. The lowest BCUT2D eigenvalue weighted by atomic mass is 9.83. The highest BCUT2D eigenvalue weighted by molar-refractivity contribution is 6.24. The number of carbonyl (C=O) groups is 4. The summed E-state index contributed by atoms with van der Waals surface area (Å²) in [5.41, 5.74) is 3.06. The molecular weight excluding hydrogens is 496 g/mol. The van der Waals surface area contributed by atoms with Crippen molar-refractivity contribution in [1.29, 1.82) is 0 Å². The first-order valence-corrected chi connectivity index (χ1v) is 12.7. The largest absolute Gasteiger partial charge is 0.493 e. The summed E-state index contributed by atoms with van der Waals surface area (Å²) < 4.78 is 10.7. The lowest BCUT2D eigenvalue weighted by Gasteiger charge is -2.35. The fourth-order valence-electron chi connectivity index (χ4n) is 6.12. The average molecular weight is 523 g/mol. The molecule has 4 atom stereocenters. The summed E-state index contributed by atoms with van der Waals surface area (Å²) >= 11 is 0. The lowest BCUT2D eigenvalue weighted by molar-refractivity contribution is -0.123. The normalized spacial score (nSPS) is 22.8. The van der Waals surface area contributed by atoms with E-state index in [4.69, 9.17) is 9.47 Å². The molecule has 0 unspecified atom stereocenters. The van der Waals surface area contributed by atoms with E-state index in [-0.39, 0.29) is 17.5 Å². The second-order valence-electron chi connectivity index (χ2n) is 9.88. The van der Waals surface area contributed by atoms with Crippen LogP contribution in [0.25, 0.3) is 6.08 Å². The zero-order valence-corrected chi connectivity index (χ0v) is 21.7. The second-order valence-corrected chi connectivity index (χ2v) is 9.88. The summed E-state index contributed by atoms with van der Waals surface area (Å²) in [6.45, 7) is 1.46. The smallest absolute Gasteiger partial charge is 0.240 e. The molecule has 2 amide bonds. The highest BCUT2D eigenvalue weighted by atomic mass is 16.5. The Morgan fingerprint density at radius 1 is 0.795 bits per heavy atom. The number of methoxy groups -OCH3 is 2. The summed E-state index contributed by atoms with van der Waals surface area (Å²) in [6, 6.07) is 17.6. The molecule has 2 fully saturated rings. The first-order valence-electron chi connectivity index (χ1n) is 12.7. The third-order valence-electron chi connectivity index (χ3n) is 7.93. The molecule has 8 heteroatoms. The molecule has 0 saturated carbocycles. The Bertz CT molecular complexity index is 1560. The molecular formula is C31H26N2O6. The van der Waals surface area contributed by atoms with Crippen molar-refractivity contribution in [3.8, 4) is 11.5 Å². The van der Waals surface area contributed by atoms with E-state index in [1.165, 1.54) is 26.0 Å². The highest BCUT2D eigenvalue weighted by Crippen LogP contribution is 2.53. The highest BCUT2D eigenvalue weighted by Gasteiger charge is 2.64. The first-order chi connectivity index (χ1) is 18.8. The number of ether oxygens (including phenoxy) is 2. The van der Waals surface area contributed by atoms with Crippen molar-refractivity contribution in [2.75, 3.05) is 19.1 Å². The van der Waals surface area contributed by atoms with E-state index in [9.17, 15) is 19.2 Å². The van der Waals surface area contributed by atoms with Crippen LogP contribution in [0.15, 0.2) is 72.9 Å². The van der Waals surface area contributed by atoms with Crippen LogP contribution in [0.4, 0.5) is 5.69 Å². The van der Waals surface area contributed by atoms with E-state index in [1.54, 1.807) is 42.5 Å². The molecule has 0 N–H and O–H groups in total. The SMILES string of the molecule is COc1ccc(C(=O)[C@@H]2[C@@H]3C(=O)N(c4ccc(C(C)=O)cc4)C(=O)[C@H]3[C@H]3c4ccccc4C=CN23)cc1OC. The van der Waals surface area contributed by atoms with Crippen molar-refractivity contribution >= 4 is 35.1 Å². The standard InChI is InChI=1S/C31H26N2O6/c1-17(34)18-8-11-21(12-9-18)33-30(36)25-26(31(33)37)28(29(35)20-10-13-23(38-2)24(16-20)39-3)32-15-14-19-6-4-5-7-22(19)27(25)32/h4-16,25-28H,1-3H3/t25-,26-,27-,28+/m1/s1. The van der Waals surface area contributed by atoms with Crippen molar-refractivity contribution in [3.63, 3.8) is 0 Å². The van der Waals surface area contributed by atoms with Gasteiger partial charge in [-0.25, -0.2) is 4.90 Å². The third-order valence-corrected chi connectivity index (χ3v) is 7.93. The minimum Gasteiger partial charge on any atom is -0.493 e. The maximum atomic E-state index is 14.1. The van der Waals surface area contributed by atoms with Crippen LogP contribution in [0.1, 0.15) is 44.8 Å². The van der Waals surface area contributed by atoms with Crippen molar-refractivity contribution < 1.29 is 28.7 Å². The van der Waals surface area contributed by atoms with Crippen LogP contribution in [0.5, 0.6) is 11.5 Å². The number of ketones is 2. The Morgan fingerprint density at radius 2 is 1.46 bits per heavy atom. The fourth-order valence-corrected chi connectivity index (χ4v) is 6.12. The number of amides is 2. The quantitative estimate of drug-likeness (QED) is 0.352. The van der Waals surface area contributed by atoms with E-state index < -0.39 is 29.8 Å². The van der Waals surface area contributed by atoms with Gasteiger partial charge in [-0.1, -0.05) is 24.3 Å². The predicted molar refractivity (Wildman–Crippen MR) is 144 cm³/mol. The number of imide groups is 1. The maximum Gasteiger partial charge on any atom is 0.240 e. The Balaban J connectivity index is 1.46. The molecule has 6 rings (SSSR count). The van der Waals surface area contributed by atoms with Gasteiger partial charge < -0.3 is 14.4 Å². The van der Waals surface area contributed by atoms with E-state index in [2.05, 4.69) is 0 Å². The number of benzene rings is 3. The van der Waals surface area contributed by atoms with E-state index >= 15 is 0 Å². The number of hydrogen-bond acceptors (Lipinski definition) is 7. The number of rotatable bonds is 6. The second kappa shape index (κ2) is 9.23. The van der Waals surface area contributed by atoms with Gasteiger partial charge in [0.2, 0.25) is 11.8 Å². The maximum absolute atomic E-state index is 14.1. The van der Waals surface area contributed by atoms with Gasteiger partial charge >= 0.3 is 0 Å². The average Bonchev–Trinajstić information content (AvgIpc) is 3.44. The topological polar surface area (TPSA) is 93.2 Å². The molecule has 2 saturated heterocycles. The predicted octanol–water partition coefficient (Wildman–Crippen LogP) is 4.30. The first kappa shape index (κ1) is 24.6. The van der Waals surface area contributed by atoms with Gasteiger partial charge in [0.15, 0.2) is 23.1 Å². The molecule has 3 aliphatic rings. The minimum atomic E-state index is -0.902. The van der Waals surface area contributed by atoms with Gasteiger partial charge in [-0.15, -0.1) is 0 Å². The molecule has 196 valence electrons. The van der Waals surface area contributed by atoms with Gasteiger partial charge in [-0.3, -0.25) is 19.2 Å². The molecule has 39 heavy (non-hydrogen) atoms. The zero-order valence-electron chi connectivity index (χ0n) is 21.7. The van der Waals surface area contributed by atoms with Gasteiger partial charge in [0.25, 0.3) is 0 Å². The summed E-state index contributed by atoms with van der Waals surface area (Å²) in [7, 11) is 3.01. The molecule has 0 spiro atoms. The Morgan fingerprint density at radius 3 is 2.15 bits per heavy atom. The number of hydrogen-bond donors (Lipinski definition) is 0. The summed E-state index contributed by atoms with van der Waals surface area (Å²) in [6.07, 6.45) is 3.73. The van der Waals surface area contributed by atoms with E-state index in [1.807, 2.05) is 41.4 Å². The molecule has 3 aliphatic heterocycles. The number of Topliss-reactive ketones (excluding diaryl/α,β-unsaturated/α-hetero) is 2. The van der Waals surface area contributed by atoms with Gasteiger partial charge in [-0.05, 0) is 66.6 Å². The van der Waals surface area contributed by atoms with E-state index in [0.717, 1.165) is 11.1 Å². The van der Waals surface area contributed by atoms with Crippen molar-refractivity contribution in [1.82, 2.24) is 4.90 Å². The monoisotopic (exact) mass is 522 g/mol. The van der Waals surface area contributed by atoms with Crippen molar-refractivity contribution in [2.24, 2.45) is 11.8 Å². The van der Waals surface area contributed by atoms with Crippen LogP contribution in [-0.4, -0.2) is 48.5 Å². The molecule has 0 bridgehead atoms. The van der Waals surface area contributed by atoms with Crippen LogP contribution in [0, 0.1) is 11.8 Å². The van der Waals surface area contributed by atoms with Gasteiger partial charge in [-0.2, -0.15) is 0 Å². The minimum absolute atomic E-state index is 0.112. The Labute approximate surface area is 225 Å². The molecule has 8 nitrogen and oxygen atoms in total. The van der Waals surface area contributed by atoms with Crippen molar-refractivity contribution in [3.05, 3.63) is 95.2 Å². The van der Waals surface area contributed by atoms with Crippen LogP contribution in [0.2, 0.25) is 0 Å². The lowest BCUT2D eigenvalue weighted by Crippen LogP contribution is -2.44. The number of nitrogens with zero attached hydrogens (tertiary/aromatic N) is 2. The fraction of sp³-hybridized carbons (Fsp3) is 0.226. The van der Waals surface area contributed by atoms with Crippen LogP contribution in [-0.2, 0) is 9.59 Å².